The largest absolute Gasteiger partial charge is 0.310 e. The number of rotatable bonds is 1. The lowest BCUT2D eigenvalue weighted by atomic mass is 9.32. The Morgan fingerprint density at radius 2 is 1.20 bits per heavy atom. The summed E-state index contributed by atoms with van der Waals surface area (Å²) in [5.41, 5.74) is 14.9. The number of aromatic nitrogens is 2. The van der Waals surface area contributed by atoms with Crippen molar-refractivity contribution in [2.75, 3.05) is 0 Å². The minimum atomic E-state index is 0.269. The molecule has 0 saturated heterocycles. The molecular weight excluding hydrogens is 483 g/mol. The molecule has 0 unspecified atom stereocenters. The summed E-state index contributed by atoms with van der Waals surface area (Å²) in [5, 5.41) is 5.28. The van der Waals surface area contributed by atoms with Crippen molar-refractivity contribution in [2.24, 2.45) is 0 Å². The standard InChI is InChI=1S/C37H23BN2/c1-2-11-25(12-3-1)39-32-16-8-5-13-26(32)28-21-29-27-19-18-24-20-23-10-4-6-14-30(23)38-31-15-7-9-17-33(31)40(37(27)36(24)38)35(29)22-34(28)39/h1-19,21-22H,20H2. The van der Waals surface area contributed by atoms with Crippen molar-refractivity contribution in [3.8, 4) is 11.4 Å². The number of hydrogen-bond acceptors (Lipinski definition) is 0. The number of hydrogen-bond donors (Lipinski definition) is 0. The molecule has 2 nitrogen and oxygen atoms in total. The summed E-state index contributed by atoms with van der Waals surface area (Å²) in [6.07, 6.45) is 0.993. The third kappa shape index (κ3) is 2.47. The first-order chi connectivity index (χ1) is 19.9. The van der Waals surface area contributed by atoms with Gasteiger partial charge in [-0.05, 0) is 64.9 Å². The van der Waals surface area contributed by atoms with Gasteiger partial charge in [0.25, 0.3) is 0 Å². The molecule has 0 atom stereocenters. The highest BCUT2D eigenvalue weighted by Gasteiger charge is 2.38. The van der Waals surface area contributed by atoms with Gasteiger partial charge < -0.3 is 9.13 Å². The van der Waals surface area contributed by atoms with Crippen LogP contribution in [-0.2, 0) is 6.42 Å². The van der Waals surface area contributed by atoms with Gasteiger partial charge in [-0.15, -0.1) is 0 Å². The first-order valence-corrected chi connectivity index (χ1v) is 14.1. The molecule has 6 aromatic carbocycles. The van der Waals surface area contributed by atoms with E-state index in [1.54, 1.807) is 0 Å². The van der Waals surface area contributed by atoms with E-state index in [9.17, 15) is 0 Å². The van der Waals surface area contributed by atoms with Crippen molar-refractivity contribution in [3.63, 3.8) is 0 Å². The Balaban J connectivity index is 1.41. The molecule has 0 radical (unpaired) electrons. The number of fused-ring (bicyclic) bond motifs is 11. The second kappa shape index (κ2) is 7.34. The number of para-hydroxylation sites is 3. The topological polar surface area (TPSA) is 9.86 Å². The smallest absolute Gasteiger partial charge is 0.247 e. The van der Waals surface area contributed by atoms with Crippen LogP contribution in [0.25, 0.3) is 55.0 Å². The molecule has 2 aliphatic heterocycles. The number of benzene rings is 6. The van der Waals surface area contributed by atoms with Crippen LogP contribution in [0.15, 0.2) is 127 Å². The van der Waals surface area contributed by atoms with Crippen molar-refractivity contribution >= 4 is 66.7 Å². The van der Waals surface area contributed by atoms with Crippen molar-refractivity contribution in [1.82, 2.24) is 9.13 Å². The summed E-state index contributed by atoms with van der Waals surface area (Å²) in [6.45, 7) is 0.269. The molecule has 2 aliphatic rings. The van der Waals surface area contributed by atoms with E-state index in [1.807, 2.05) is 0 Å². The maximum absolute atomic E-state index is 2.57. The van der Waals surface area contributed by atoms with Crippen molar-refractivity contribution < 1.29 is 0 Å². The van der Waals surface area contributed by atoms with Crippen LogP contribution in [0.1, 0.15) is 11.1 Å². The molecule has 0 spiro atoms. The molecule has 184 valence electrons. The second-order valence-electron chi connectivity index (χ2n) is 11.3. The summed E-state index contributed by atoms with van der Waals surface area (Å²) in [4.78, 5) is 0. The van der Waals surface area contributed by atoms with E-state index in [2.05, 4.69) is 137 Å². The molecule has 3 heteroatoms. The van der Waals surface area contributed by atoms with Gasteiger partial charge in [-0.1, -0.05) is 96.5 Å². The quantitative estimate of drug-likeness (QED) is 0.222. The van der Waals surface area contributed by atoms with Gasteiger partial charge in [-0.3, -0.25) is 0 Å². The fourth-order valence-corrected chi connectivity index (χ4v) is 7.81. The van der Waals surface area contributed by atoms with Crippen LogP contribution in [0.5, 0.6) is 0 Å². The molecule has 0 fully saturated rings. The average molecular weight is 506 g/mol. The molecule has 0 amide bonds. The third-order valence-electron chi connectivity index (χ3n) is 9.39. The lowest BCUT2D eigenvalue weighted by molar-refractivity contribution is 1.16. The zero-order valence-corrected chi connectivity index (χ0v) is 21.8. The Morgan fingerprint density at radius 3 is 2.12 bits per heavy atom. The van der Waals surface area contributed by atoms with Crippen LogP contribution in [0.3, 0.4) is 0 Å². The molecule has 0 bridgehead atoms. The highest BCUT2D eigenvalue weighted by atomic mass is 15.0. The van der Waals surface area contributed by atoms with Gasteiger partial charge in [0, 0.05) is 38.4 Å². The van der Waals surface area contributed by atoms with Crippen molar-refractivity contribution in [1.29, 1.82) is 0 Å². The highest BCUT2D eigenvalue weighted by Crippen LogP contribution is 2.40. The summed E-state index contributed by atoms with van der Waals surface area (Å²) >= 11 is 0. The zero-order chi connectivity index (χ0) is 25.9. The normalized spacial score (nSPS) is 13.3. The fourth-order valence-electron chi connectivity index (χ4n) is 7.81. The molecule has 8 aromatic rings. The van der Waals surface area contributed by atoms with Gasteiger partial charge >= 0.3 is 0 Å². The second-order valence-corrected chi connectivity index (χ2v) is 11.3. The van der Waals surface area contributed by atoms with Crippen LogP contribution < -0.4 is 16.4 Å². The van der Waals surface area contributed by atoms with Gasteiger partial charge in [0.1, 0.15) is 0 Å². The third-order valence-corrected chi connectivity index (χ3v) is 9.39. The fraction of sp³-hybridized carbons (Fsp3) is 0.0270. The highest BCUT2D eigenvalue weighted by molar-refractivity contribution is 6.98. The molecular formula is C37H23BN2. The molecule has 2 aromatic heterocycles. The first-order valence-electron chi connectivity index (χ1n) is 14.1. The summed E-state index contributed by atoms with van der Waals surface area (Å²) in [6, 6.07) is 47.4. The average Bonchev–Trinajstić information content (AvgIpc) is 3.52. The maximum atomic E-state index is 2.57. The first kappa shape index (κ1) is 20.9. The Kier molecular flexibility index (Phi) is 3.83. The van der Waals surface area contributed by atoms with Crippen LogP contribution in [0, 0.1) is 0 Å². The van der Waals surface area contributed by atoms with E-state index >= 15 is 0 Å². The monoisotopic (exact) mass is 506 g/mol. The Hall–Kier alpha value is -5.02. The molecule has 10 rings (SSSR count). The zero-order valence-electron chi connectivity index (χ0n) is 21.8. The molecule has 40 heavy (non-hydrogen) atoms. The molecule has 0 N–H and O–H groups in total. The van der Waals surface area contributed by atoms with Gasteiger partial charge in [0.2, 0.25) is 6.71 Å². The molecule has 0 aliphatic carbocycles. The predicted octanol–water partition coefficient (Wildman–Crippen LogP) is 6.61. The van der Waals surface area contributed by atoms with E-state index in [-0.39, 0.29) is 6.71 Å². The summed E-state index contributed by atoms with van der Waals surface area (Å²) < 4.78 is 4.99. The lowest BCUT2D eigenvalue weighted by Gasteiger charge is -2.33. The van der Waals surface area contributed by atoms with Crippen LogP contribution in [-0.4, -0.2) is 15.8 Å². The van der Waals surface area contributed by atoms with Crippen molar-refractivity contribution in [3.05, 3.63) is 139 Å². The van der Waals surface area contributed by atoms with Gasteiger partial charge in [0.05, 0.1) is 16.6 Å². The number of nitrogens with zero attached hydrogens (tertiary/aromatic N) is 2. The summed E-state index contributed by atoms with van der Waals surface area (Å²) in [5.74, 6) is 0. The van der Waals surface area contributed by atoms with E-state index < -0.39 is 0 Å². The lowest BCUT2D eigenvalue weighted by Crippen LogP contribution is -2.60. The van der Waals surface area contributed by atoms with Crippen molar-refractivity contribution in [2.45, 2.75) is 6.42 Å². The van der Waals surface area contributed by atoms with Crippen LogP contribution >= 0.6 is 0 Å². The maximum Gasteiger partial charge on any atom is 0.247 e. The molecule has 4 heterocycles. The SMILES string of the molecule is c1ccc(-n2c3ccccc3c3cc4c5ccc6c7c5n(c4cc32)-c2ccccc2B7c2ccccc2C6)cc1. The Morgan fingerprint density at radius 1 is 0.475 bits per heavy atom. The van der Waals surface area contributed by atoms with Gasteiger partial charge in [-0.2, -0.15) is 0 Å². The van der Waals surface area contributed by atoms with Crippen LogP contribution in [0.4, 0.5) is 0 Å². The van der Waals surface area contributed by atoms with Gasteiger partial charge in [0.15, 0.2) is 0 Å². The van der Waals surface area contributed by atoms with Crippen LogP contribution in [0.2, 0.25) is 0 Å². The minimum absolute atomic E-state index is 0.269. The minimum Gasteiger partial charge on any atom is -0.310 e. The molecule has 0 saturated carbocycles. The Bertz CT molecular complexity index is 2360. The van der Waals surface area contributed by atoms with E-state index in [4.69, 9.17) is 0 Å². The van der Waals surface area contributed by atoms with E-state index in [1.165, 1.54) is 82.5 Å². The Labute approximate surface area is 231 Å². The predicted molar refractivity (Wildman–Crippen MR) is 169 cm³/mol. The van der Waals surface area contributed by atoms with E-state index in [0.29, 0.717) is 0 Å². The van der Waals surface area contributed by atoms with Gasteiger partial charge in [-0.25, -0.2) is 0 Å². The van der Waals surface area contributed by atoms with E-state index in [0.717, 1.165) is 6.42 Å². The summed E-state index contributed by atoms with van der Waals surface area (Å²) in [7, 11) is 0.